The molecule has 7 heteroatoms. The molecule has 0 bridgehead atoms. The third-order valence-electron chi connectivity index (χ3n) is 4.49. The van der Waals surface area contributed by atoms with Crippen LogP contribution in [0.25, 0.3) is 0 Å². The number of hydrogen-bond donors (Lipinski definition) is 2. The molecule has 0 amide bonds. The first-order valence-corrected chi connectivity index (χ1v) is 9.49. The molecule has 2 N–H and O–H groups in total. The topological polar surface area (TPSA) is 48.9 Å². The molecule has 3 heterocycles. The number of fused-ring (bicyclic) bond motifs is 1. The number of aliphatic imine (C=N–C) groups is 1. The predicted molar refractivity (Wildman–Crippen MR) is 112 cm³/mol. The molecule has 2 atom stereocenters. The van der Waals surface area contributed by atoms with Crippen molar-refractivity contribution in [2.24, 2.45) is 4.99 Å². The van der Waals surface area contributed by atoms with Crippen LogP contribution in [0.3, 0.4) is 0 Å². The van der Waals surface area contributed by atoms with E-state index in [2.05, 4.69) is 46.5 Å². The molecule has 0 saturated carbocycles. The maximum Gasteiger partial charge on any atom is 0.191 e. The first-order valence-electron chi connectivity index (χ1n) is 8.67. The standard InChI is InChI=1S/C17H28N4OS.HI/c1-3-18-17(20-10-16-7-6-13(2)23-16)19-9-15-11-21-8-4-5-14(21)12-22-15;/h6-7,14-15H,3-5,8-12H2,1-2H3,(H2,18,19,20);1H. The van der Waals surface area contributed by atoms with E-state index in [-0.39, 0.29) is 30.1 Å². The number of thiophene rings is 1. The fourth-order valence-corrected chi connectivity index (χ4v) is 4.10. The molecule has 3 rings (SSSR count). The Labute approximate surface area is 166 Å². The molecule has 2 saturated heterocycles. The van der Waals surface area contributed by atoms with Crippen molar-refractivity contribution in [2.75, 3.05) is 32.8 Å². The summed E-state index contributed by atoms with van der Waals surface area (Å²) in [6, 6.07) is 4.97. The molecule has 1 aromatic heterocycles. The van der Waals surface area contributed by atoms with Crippen LogP contribution in [-0.2, 0) is 11.3 Å². The minimum absolute atomic E-state index is 0. The highest BCUT2D eigenvalue weighted by Gasteiger charge is 2.32. The van der Waals surface area contributed by atoms with Gasteiger partial charge in [-0.1, -0.05) is 0 Å². The second-order valence-electron chi connectivity index (χ2n) is 6.33. The maximum atomic E-state index is 6.00. The minimum Gasteiger partial charge on any atom is -0.373 e. The molecule has 0 aliphatic carbocycles. The lowest BCUT2D eigenvalue weighted by atomic mass is 10.2. The Morgan fingerprint density at radius 1 is 1.42 bits per heavy atom. The Morgan fingerprint density at radius 3 is 3.04 bits per heavy atom. The van der Waals surface area contributed by atoms with Crippen molar-refractivity contribution in [1.29, 1.82) is 0 Å². The first-order chi connectivity index (χ1) is 11.2. The highest BCUT2D eigenvalue weighted by Crippen LogP contribution is 2.22. The van der Waals surface area contributed by atoms with E-state index in [0.717, 1.165) is 38.7 Å². The van der Waals surface area contributed by atoms with Gasteiger partial charge in [-0.05, 0) is 45.4 Å². The third kappa shape index (κ3) is 5.57. The van der Waals surface area contributed by atoms with Gasteiger partial charge in [0.15, 0.2) is 5.96 Å². The molecule has 2 fully saturated rings. The van der Waals surface area contributed by atoms with Gasteiger partial charge < -0.3 is 15.4 Å². The first kappa shape index (κ1) is 19.9. The van der Waals surface area contributed by atoms with Gasteiger partial charge in [-0.2, -0.15) is 0 Å². The quantitative estimate of drug-likeness (QED) is 0.400. The van der Waals surface area contributed by atoms with Crippen LogP contribution in [0.1, 0.15) is 29.5 Å². The van der Waals surface area contributed by atoms with Gasteiger partial charge in [0.25, 0.3) is 0 Å². The lowest BCUT2D eigenvalue weighted by Gasteiger charge is -2.35. The molecule has 1 aromatic rings. The zero-order valence-corrected chi connectivity index (χ0v) is 17.7. The SMILES string of the molecule is CCNC(=NCc1ccc(C)s1)NCC1CN2CCCC2CO1.I. The lowest BCUT2D eigenvalue weighted by molar-refractivity contribution is -0.0453. The van der Waals surface area contributed by atoms with Crippen molar-refractivity contribution in [1.82, 2.24) is 15.5 Å². The van der Waals surface area contributed by atoms with Crippen molar-refractivity contribution < 1.29 is 4.74 Å². The number of rotatable bonds is 5. The van der Waals surface area contributed by atoms with Crippen LogP contribution in [0.2, 0.25) is 0 Å². The number of morpholine rings is 1. The summed E-state index contributed by atoms with van der Waals surface area (Å²) in [7, 11) is 0. The van der Waals surface area contributed by atoms with Gasteiger partial charge in [-0.25, -0.2) is 4.99 Å². The van der Waals surface area contributed by atoms with Gasteiger partial charge in [-0.15, -0.1) is 35.3 Å². The lowest BCUT2D eigenvalue weighted by Crippen LogP contribution is -2.51. The van der Waals surface area contributed by atoms with Gasteiger partial charge in [0.05, 0.1) is 19.3 Å². The molecule has 24 heavy (non-hydrogen) atoms. The smallest absolute Gasteiger partial charge is 0.191 e. The number of ether oxygens (including phenoxy) is 1. The van der Waals surface area contributed by atoms with Crippen molar-refractivity contribution in [3.8, 4) is 0 Å². The van der Waals surface area contributed by atoms with Crippen LogP contribution >= 0.6 is 35.3 Å². The average molecular weight is 464 g/mol. The zero-order valence-electron chi connectivity index (χ0n) is 14.6. The van der Waals surface area contributed by atoms with Crippen LogP contribution in [-0.4, -0.2) is 55.8 Å². The fourth-order valence-electron chi connectivity index (χ4n) is 3.29. The molecule has 5 nitrogen and oxygen atoms in total. The number of nitrogens with one attached hydrogen (secondary N) is 2. The van der Waals surface area contributed by atoms with Crippen molar-refractivity contribution in [2.45, 2.75) is 45.4 Å². The molecule has 0 aromatic carbocycles. The number of guanidine groups is 1. The van der Waals surface area contributed by atoms with Crippen LogP contribution in [0, 0.1) is 6.92 Å². The summed E-state index contributed by atoms with van der Waals surface area (Å²) in [4.78, 5) is 9.90. The van der Waals surface area contributed by atoms with E-state index >= 15 is 0 Å². The van der Waals surface area contributed by atoms with Gasteiger partial charge in [0, 0.05) is 35.4 Å². The molecular formula is C17H29IN4OS. The Balaban J connectivity index is 0.00000208. The molecule has 2 aliphatic heterocycles. The normalized spacial score (nSPS) is 24.3. The van der Waals surface area contributed by atoms with Crippen LogP contribution < -0.4 is 10.6 Å². The predicted octanol–water partition coefficient (Wildman–Crippen LogP) is 2.59. The Morgan fingerprint density at radius 2 is 2.29 bits per heavy atom. The molecule has 2 aliphatic rings. The highest BCUT2D eigenvalue weighted by atomic mass is 127. The fraction of sp³-hybridized carbons (Fsp3) is 0.706. The molecule has 2 unspecified atom stereocenters. The number of hydrogen-bond acceptors (Lipinski definition) is 4. The van der Waals surface area contributed by atoms with Gasteiger partial charge in [0.1, 0.15) is 0 Å². The van der Waals surface area contributed by atoms with E-state index < -0.39 is 0 Å². The summed E-state index contributed by atoms with van der Waals surface area (Å²) in [6.07, 6.45) is 2.88. The molecular weight excluding hydrogens is 435 g/mol. The van der Waals surface area contributed by atoms with Gasteiger partial charge >= 0.3 is 0 Å². The largest absolute Gasteiger partial charge is 0.373 e. The number of halogens is 1. The minimum atomic E-state index is 0. The van der Waals surface area contributed by atoms with Crippen molar-refractivity contribution in [3.63, 3.8) is 0 Å². The molecule has 0 spiro atoms. The van der Waals surface area contributed by atoms with E-state index in [9.17, 15) is 0 Å². The highest BCUT2D eigenvalue weighted by molar-refractivity contribution is 14.0. The zero-order chi connectivity index (χ0) is 16.1. The maximum absolute atomic E-state index is 6.00. The summed E-state index contributed by atoms with van der Waals surface area (Å²) in [5.74, 6) is 0.880. The summed E-state index contributed by atoms with van der Waals surface area (Å²) >= 11 is 1.81. The monoisotopic (exact) mass is 464 g/mol. The average Bonchev–Trinajstić information content (AvgIpc) is 3.18. The number of aryl methyl sites for hydroxylation is 1. The van der Waals surface area contributed by atoms with Crippen LogP contribution in [0.5, 0.6) is 0 Å². The number of nitrogens with zero attached hydrogens (tertiary/aromatic N) is 2. The van der Waals surface area contributed by atoms with Gasteiger partial charge in [0.2, 0.25) is 0 Å². The second-order valence-corrected chi connectivity index (χ2v) is 7.71. The summed E-state index contributed by atoms with van der Waals surface area (Å²) in [5.41, 5.74) is 0. The van der Waals surface area contributed by atoms with E-state index in [1.807, 2.05) is 11.3 Å². The van der Waals surface area contributed by atoms with E-state index in [0.29, 0.717) is 6.04 Å². The van der Waals surface area contributed by atoms with Crippen LogP contribution in [0.15, 0.2) is 17.1 Å². The summed E-state index contributed by atoms with van der Waals surface area (Å²) in [6.45, 7) is 9.80. The van der Waals surface area contributed by atoms with Crippen LogP contribution in [0.4, 0.5) is 0 Å². The summed E-state index contributed by atoms with van der Waals surface area (Å²) in [5, 5.41) is 6.76. The Kier molecular flexibility index (Phi) is 8.25. The molecule has 136 valence electrons. The Bertz CT molecular complexity index is 536. The van der Waals surface area contributed by atoms with Gasteiger partial charge in [-0.3, -0.25) is 4.90 Å². The van der Waals surface area contributed by atoms with E-state index in [1.165, 1.54) is 29.1 Å². The summed E-state index contributed by atoms with van der Waals surface area (Å²) < 4.78 is 6.00. The second kappa shape index (κ2) is 9.94. The third-order valence-corrected chi connectivity index (χ3v) is 5.48. The molecule has 0 radical (unpaired) electrons. The Hall–Kier alpha value is -0.380. The van der Waals surface area contributed by atoms with Crippen molar-refractivity contribution >= 4 is 41.3 Å². The van der Waals surface area contributed by atoms with Crippen molar-refractivity contribution in [3.05, 3.63) is 21.9 Å². The van der Waals surface area contributed by atoms with E-state index in [1.54, 1.807) is 0 Å². The van der Waals surface area contributed by atoms with E-state index in [4.69, 9.17) is 4.74 Å².